The number of ether oxygens (including phenoxy) is 4. The summed E-state index contributed by atoms with van der Waals surface area (Å²) in [5.41, 5.74) is 4.17. The average Bonchev–Trinajstić information content (AvgIpc) is 3.24. The van der Waals surface area contributed by atoms with Gasteiger partial charge < -0.3 is 34.0 Å². The smallest absolute Gasteiger partial charge is 0.410 e. The number of rotatable bonds is 21. The first kappa shape index (κ1) is 42.6. The number of halogens is 1. The number of nitrogens with zero attached hydrogens (tertiary/aromatic N) is 2. The number of aliphatic hydroxyl groups is 2. The lowest BCUT2D eigenvalue weighted by molar-refractivity contribution is -0.256. The molecule has 10 nitrogen and oxygen atoms in total. The van der Waals surface area contributed by atoms with Crippen molar-refractivity contribution >= 4 is 11.8 Å². The van der Waals surface area contributed by atoms with Gasteiger partial charge in [-0.3, -0.25) is 4.90 Å². The molecule has 0 unspecified atom stereocenters. The molecule has 3 aromatic carbocycles. The minimum Gasteiger partial charge on any atom is -0.490 e. The van der Waals surface area contributed by atoms with Crippen molar-refractivity contribution in [2.45, 2.75) is 82.8 Å². The summed E-state index contributed by atoms with van der Waals surface area (Å²) in [7, 11) is 0. The van der Waals surface area contributed by atoms with E-state index < -0.39 is 23.8 Å². The maximum absolute atomic E-state index is 14.3. The van der Waals surface area contributed by atoms with E-state index in [9.17, 15) is 19.4 Å². The SMILES string of the molecule is C=CCOc1ccc2c(c1)[C@H]1[C@H](CCCCO)[C@@H](CCCCO)C=C3C(=NOCc4ccccc4)C[C@H](N(Cc4ccc(F)cc4)C(=O)OCC)[C@@](OCC=C)(O2)[C@H]31. The van der Waals surface area contributed by atoms with E-state index in [0.717, 1.165) is 42.4 Å². The Balaban J connectivity index is 1.60. The third-order valence-electron chi connectivity index (χ3n) is 11.4. The Morgan fingerprint density at radius 1 is 0.966 bits per heavy atom. The van der Waals surface area contributed by atoms with Crippen molar-refractivity contribution in [2.24, 2.45) is 22.9 Å². The summed E-state index contributed by atoms with van der Waals surface area (Å²) in [5.74, 6) is -1.21. The highest BCUT2D eigenvalue weighted by atomic mass is 19.1. The van der Waals surface area contributed by atoms with E-state index in [-0.39, 0.29) is 69.6 Å². The van der Waals surface area contributed by atoms with Crippen molar-refractivity contribution in [1.29, 1.82) is 0 Å². The number of benzene rings is 3. The van der Waals surface area contributed by atoms with Gasteiger partial charge in [-0.15, -0.1) is 6.58 Å². The molecule has 0 aromatic heterocycles. The fourth-order valence-corrected chi connectivity index (χ4v) is 8.95. The Morgan fingerprint density at radius 2 is 1.71 bits per heavy atom. The first-order valence-corrected chi connectivity index (χ1v) is 20.5. The number of allylic oxidation sites excluding steroid dienone is 1. The van der Waals surface area contributed by atoms with Gasteiger partial charge in [0.05, 0.1) is 24.8 Å². The highest BCUT2D eigenvalue weighted by Gasteiger charge is 2.65. The Hall–Kier alpha value is -4.97. The topological polar surface area (TPSA) is 119 Å². The highest BCUT2D eigenvalue weighted by Crippen LogP contribution is 2.62. The first-order chi connectivity index (χ1) is 28.4. The van der Waals surface area contributed by atoms with E-state index in [1.165, 1.54) is 12.1 Å². The molecule has 58 heavy (non-hydrogen) atoms. The predicted octanol–water partition coefficient (Wildman–Crippen LogP) is 8.88. The standard InChI is InChI=1S/C47H57FN2O8/c1-4-26-55-37-22-23-42-40(29-37)44-38(17-11-13-25-52)35(16-10-12-24-51)28-39-41(49-57-32-34-14-8-7-9-15-34)30-43(47(58-42,45(39)44)56-27-5-2)50(46(53)54-6-3)31-33-18-20-36(48)21-19-33/h4-5,7-9,14-15,18-23,28-29,35,38,43-45,51-52H,1-2,6,10-13,16-17,24-27,30-32H2,3H3/t35-,38+,43-,44+,45+,47+/m0/s1. The fraction of sp³-hybridized carbons (Fsp3) is 0.447. The van der Waals surface area contributed by atoms with Crippen LogP contribution in [0.4, 0.5) is 9.18 Å². The zero-order valence-corrected chi connectivity index (χ0v) is 33.5. The summed E-state index contributed by atoms with van der Waals surface area (Å²) >= 11 is 0. The van der Waals surface area contributed by atoms with Crippen molar-refractivity contribution in [3.05, 3.63) is 132 Å². The van der Waals surface area contributed by atoms with Gasteiger partial charge in [-0.25, -0.2) is 9.18 Å². The lowest BCUT2D eigenvalue weighted by atomic mass is 9.55. The lowest BCUT2D eigenvalue weighted by Gasteiger charge is -2.59. The number of unbranched alkanes of at least 4 members (excludes halogenated alkanes) is 2. The van der Waals surface area contributed by atoms with Crippen molar-refractivity contribution in [3.63, 3.8) is 0 Å². The van der Waals surface area contributed by atoms with Gasteiger partial charge in [0.15, 0.2) is 0 Å². The largest absolute Gasteiger partial charge is 0.490 e. The zero-order valence-electron chi connectivity index (χ0n) is 33.5. The lowest BCUT2D eigenvalue weighted by Crippen LogP contribution is -2.70. The van der Waals surface area contributed by atoms with Gasteiger partial charge in [0.2, 0.25) is 5.79 Å². The zero-order chi connectivity index (χ0) is 40.9. The number of carbonyl (C=O) groups is 1. The van der Waals surface area contributed by atoms with Crippen LogP contribution in [0.25, 0.3) is 0 Å². The second-order valence-corrected chi connectivity index (χ2v) is 15.1. The molecule has 1 saturated carbocycles. The van der Waals surface area contributed by atoms with Crippen LogP contribution < -0.4 is 9.47 Å². The van der Waals surface area contributed by atoms with E-state index in [1.807, 2.05) is 48.5 Å². The molecule has 2 aliphatic carbocycles. The van der Waals surface area contributed by atoms with Crippen LogP contribution in [-0.4, -0.2) is 71.8 Å². The molecule has 3 aliphatic rings. The molecule has 0 spiro atoms. The van der Waals surface area contributed by atoms with Crippen LogP contribution in [0, 0.1) is 23.6 Å². The van der Waals surface area contributed by atoms with E-state index in [2.05, 4.69) is 19.2 Å². The van der Waals surface area contributed by atoms with Gasteiger partial charge in [-0.1, -0.05) is 85.3 Å². The molecule has 1 amide bonds. The van der Waals surface area contributed by atoms with Crippen LogP contribution >= 0.6 is 0 Å². The predicted molar refractivity (Wildman–Crippen MR) is 221 cm³/mol. The highest BCUT2D eigenvalue weighted by molar-refractivity contribution is 6.03. The molecular formula is C47H57FN2O8. The van der Waals surface area contributed by atoms with Gasteiger partial charge in [0, 0.05) is 37.7 Å². The molecule has 0 radical (unpaired) electrons. The van der Waals surface area contributed by atoms with Gasteiger partial charge in [0.25, 0.3) is 0 Å². The number of hydrogen-bond donors (Lipinski definition) is 2. The molecule has 2 N–H and O–H groups in total. The molecule has 11 heteroatoms. The Kier molecular flexibility index (Phi) is 15.2. The molecule has 1 aliphatic heterocycles. The summed E-state index contributed by atoms with van der Waals surface area (Å²) in [5, 5.41) is 24.6. The van der Waals surface area contributed by atoms with Crippen molar-refractivity contribution in [3.8, 4) is 11.5 Å². The molecule has 6 atom stereocenters. The normalized spacial score (nSPS) is 23.8. The van der Waals surface area contributed by atoms with E-state index >= 15 is 0 Å². The third-order valence-corrected chi connectivity index (χ3v) is 11.4. The molecule has 310 valence electrons. The van der Waals surface area contributed by atoms with Gasteiger partial charge >= 0.3 is 6.09 Å². The Labute approximate surface area is 341 Å². The molecule has 1 heterocycles. The molecule has 3 aromatic rings. The number of oxime groups is 1. The summed E-state index contributed by atoms with van der Waals surface area (Å²) < 4.78 is 40.3. The van der Waals surface area contributed by atoms with E-state index in [0.29, 0.717) is 42.2 Å². The van der Waals surface area contributed by atoms with Crippen molar-refractivity contribution in [2.75, 3.05) is 33.0 Å². The van der Waals surface area contributed by atoms with Crippen molar-refractivity contribution in [1.82, 2.24) is 4.90 Å². The Morgan fingerprint density at radius 3 is 2.41 bits per heavy atom. The van der Waals surface area contributed by atoms with Gasteiger partial charge in [-0.2, -0.15) is 0 Å². The fourth-order valence-electron chi connectivity index (χ4n) is 8.95. The second-order valence-electron chi connectivity index (χ2n) is 15.1. The number of carbonyl (C=O) groups excluding carboxylic acids is 1. The van der Waals surface area contributed by atoms with Crippen LogP contribution in [0.15, 0.2) is 115 Å². The summed E-state index contributed by atoms with van der Waals surface area (Å²) in [4.78, 5) is 22.1. The number of aliphatic hydroxyl groups excluding tert-OH is 2. The second kappa shape index (κ2) is 20.6. The molecule has 1 fully saturated rings. The average molecular weight is 797 g/mol. The summed E-state index contributed by atoms with van der Waals surface area (Å²) in [6, 6.07) is 20.9. The molecule has 6 rings (SSSR count). The number of hydrogen-bond acceptors (Lipinski definition) is 9. The molecular weight excluding hydrogens is 740 g/mol. The maximum atomic E-state index is 14.3. The van der Waals surface area contributed by atoms with E-state index in [4.69, 9.17) is 28.9 Å². The molecule has 0 bridgehead atoms. The first-order valence-electron chi connectivity index (χ1n) is 20.5. The van der Waals surface area contributed by atoms with Crippen LogP contribution in [0.1, 0.15) is 74.5 Å². The van der Waals surface area contributed by atoms with E-state index in [1.54, 1.807) is 36.1 Å². The minimum absolute atomic E-state index is 0.0429. The number of amides is 1. The number of fused-ring (bicyclic) bond motifs is 2. The molecule has 0 saturated heterocycles. The maximum Gasteiger partial charge on any atom is 0.410 e. The monoisotopic (exact) mass is 796 g/mol. The Bertz CT molecular complexity index is 1880. The van der Waals surface area contributed by atoms with Crippen LogP contribution in [0.3, 0.4) is 0 Å². The van der Waals surface area contributed by atoms with Gasteiger partial charge in [0.1, 0.15) is 36.6 Å². The van der Waals surface area contributed by atoms with Gasteiger partial charge in [-0.05, 0) is 91.5 Å². The van der Waals surface area contributed by atoms with Crippen LogP contribution in [0.5, 0.6) is 11.5 Å². The van der Waals surface area contributed by atoms with Crippen LogP contribution in [-0.2, 0) is 27.5 Å². The summed E-state index contributed by atoms with van der Waals surface area (Å²) in [6.07, 6.45) is 9.83. The van der Waals surface area contributed by atoms with Crippen LogP contribution in [0.2, 0.25) is 0 Å². The third kappa shape index (κ3) is 9.65. The van der Waals surface area contributed by atoms with Crippen molar-refractivity contribution < 1.29 is 43.2 Å². The minimum atomic E-state index is -1.47. The summed E-state index contributed by atoms with van der Waals surface area (Å²) in [6.45, 7) is 10.7. The quantitative estimate of drug-likeness (QED) is 0.0624.